The summed E-state index contributed by atoms with van der Waals surface area (Å²) in [5.41, 5.74) is 7.03. The van der Waals surface area contributed by atoms with Gasteiger partial charge in [0.2, 0.25) is 0 Å². The summed E-state index contributed by atoms with van der Waals surface area (Å²) >= 11 is 0. The van der Waals surface area contributed by atoms with Crippen molar-refractivity contribution >= 4 is 5.70 Å². The highest BCUT2D eigenvalue weighted by atomic mass is 16.5. The third-order valence-electron chi connectivity index (χ3n) is 5.43. The molecule has 0 fully saturated rings. The number of aryl methyl sites for hydroxylation is 1. The molecule has 0 aliphatic rings. The van der Waals surface area contributed by atoms with Gasteiger partial charge in [-0.15, -0.1) is 0 Å². The molecule has 31 heavy (non-hydrogen) atoms. The second kappa shape index (κ2) is 10.8. The molecule has 0 aliphatic carbocycles. The van der Waals surface area contributed by atoms with Crippen LogP contribution in [0.4, 0.5) is 0 Å². The first-order chi connectivity index (χ1) is 15.0. The standard InChI is InChI=1S/C27H32N2O2/c1-19(2)7-10-22-11-12-23(27-24(18-30)6-5-15-28-27)16-26(22)20(3)29-17-21-8-13-25(31-4)14-9-21/h5-6,8-9,11-16,19,29-30H,3,7,10,17-18H2,1-2,4H3. The molecule has 0 atom stereocenters. The lowest BCUT2D eigenvalue weighted by atomic mass is 9.93. The van der Waals surface area contributed by atoms with Crippen LogP contribution in [0.2, 0.25) is 0 Å². The van der Waals surface area contributed by atoms with Crippen molar-refractivity contribution in [2.24, 2.45) is 5.92 Å². The van der Waals surface area contributed by atoms with Crippen LogP contribution in [0.5, 0.6) is 5.75 Å². The first-order valence-corrected chi connectivity index (χ1v) is 10.8. The second-order valence-corrected chi connectivity index (χ2v) is 8.15. The third kappa shape index (κ3) is 5.96. The van der Waals surface area contributed by atoms with Crippen molar-refractivity contribution in [2.75, 3.05) is 7.11 Å². The number of benzene rings is 2. The molecule has 0 unspecified atom stereocenters. The molecule has 3 aromatic rings. The van der Waals surface area contributed by atoms with E-state index < -0.39 is 0 Å². The summed E-state index contributed by atoms with van der Waals surface area (Å²) in [5.74, 6) is 1.48. The van der Waals surface area contributed by atoms with E-state index in [2.05, 4.69) is 61.1 Å². The van der Waals surface area contributed by atoms with Crippen molar-refractivity contribution in [1.82, 2.24) is 10.3 Å². The molecule has 162 valence electrons. The van der Waals surface area contributed by atoms with Crippen LogP contribution in [0.15, 0.2) is 67.4 Å². The van der Waals surface area contributed by atoms with Gasteiger partial charge in [0.05, 0.1) is 19.4 Å². The third-order valence-corrected chi connectivity index (χ3v) is 5.43. The van der Waals surface area contributed by atoms with E-state index in [9.17, 15) is 5.11 Å². The minimum absolute atomic E-state index is 0.0374. The lowest BCUT2D eigenvalue weighted by molar-refractivity contribution is 0.282. The zero-order valence-electron chi connectivity index (χ0n) is 18.7. The van der Waals surface area contributed by atoms with Gasteiger partial charge >= 0.3 is 0 Å². The zero-order chi connectivity index (χ0) is 22.2. The molecule has 2 N–H and O–H groups in total. The number of ether oxygens (including phenoxy) is 1. The molecule has 1 heterocycles. The lowest BCUT2D eigenvalue weighted by Crippen LogP contribution is -2.13. The number of aromatic nitrogens is 1. The van der Waals surface area contributed by atoms with E-state index in [-0.39, 0.29) is 6.61 Å². The summed E-state index contributed by atoms with van der Waals surface area (Å²) in [6.45, 7) is 9.46. The quantitative estimate of drug-likeness (QED) is 0.452. The van der Waals surface area contributed by atoms with Gasteiger partial charge in [-0.3, -0.25) is 4.98 Å². The van der Waals surface area contributed by atoms with Crippen molar-refractivity contribution < 1.29 is 9.84 Å². The van der Waals surface area contributed by atoms with Crippen molar-refractivity contribution in [2.45, 2.75) is 39.8 Å². The highest BCUT2D eigenvalue weighted by molar-refractivity contribution is 5.73. The molecule has 3 rings (SSSR count). The summed E-state index contributed by atoms with van der Waals surface area (Å²) in [6, 6.07) is 18.2. The summed E-state index contributed by atoms with van der Waals surface area (Å²) in [6.07, 6.45) is 3.87. The maximum atomic E-state index is 9.73. The average molecular weight is 417 g/mol. The van der Waals surface area contributed by atoms with Crippen molar-refractivity contribution in [3.05, 3.63) is 89.6 Å². The fourth-order valence-electron chi connectivity index (χ4n) is 3.54. The highest BCUT2D eigenvalue weighted by Gasteiger charge is 2.12. The van der Waals surface area contributed by atoms with E-state index in [1.54, 1.807) is 13.3 Å². The van der Waals surface area contributed by atoms with Gasteiger partial charge < -0.3 is 15.2 Å². The lowest BCUT2D eigenvalue weighted by Gasteiger charge is -2.17. The number of aliphatic hydroxyl groups is 1. The topological polar surface area (TPSA) is 54.4 Å². The SMILES string of the molecule is C=C(NCc1ccc(OC)cc1)c1cc(-c2ncccc2CO)ccc1CCC(C)C. The maximum Gasteiger partial charge on any atom is 0.118 e. The van der Waals surface area contributed by atoms with Crippen molar-refractivity contribution in [3.63, 3.8) is 0 Å². The van der Waals surface area contributed by atoms with Crippen molar-refractivity contribution in [3.8, 4) is 17.0 Å². The first kappa shape index (κ1) is 22.6. The Kier molecular flexibility index (Phi) is 7.85. The molecule has 1 aromatic heterocycles. The van der Waals surface area contributed by atoms with Crippen LogP contribution in [0, 0.1) is 5.92 Å². The van der Waals surface area contributed by atoms with E-state index in [0.717, 1.165) is 52.2 Å². The largest absolute Gasteiger partial charge is 0.497 e. The Bertz CT molecular complexity index is 1010. The molecule has 0 saturated carbocycles. The van der Waals surface area contributed by atoms with Crippen molar-refractivity contribution in [1.29, 1.82) is 0 Å². The fourth-order valence-corrected chi connectivity index (χ4v) is 3.54. The molecule has 4 nitrogen and oxygen atoms in total. The van der Waals surface area contributed by atoms with Crippen LogP contribution >= 0.6 is 0 Å². The van der Waals surface area contributed by atoms with Crippen LogP contribution in [-0.4, -0.2) is 17.2 Å². The predicted molar refractivity (Wildman–Crippen MR) is 128 cm³/mol. The Morgan fingerprint density at radius 2 is 1.87 bits per heavy atom. The van der Waals surface area contributed by atoms with E-state index in [1.165, 1.54) is 5.56 Å². The number of aliphatic hydroxyl groups excluding tert-OH is 1. The molecule has 0 aliphatic heterocycles. The molecule has 0 amide bonds. The summed E-state index contributed by atoms with van der Waals surface area (Å²) < 4.78 is 5.24. The van der Waals surface area contributed by atoms with E-state index >= 15 is 0 Å². The number of methoxy groups -OCH3 is 1. The Balaban J connectivity index is 1.87. The van der Waals surface area contributed by atoms with Gasteiger partial charge in [0.25, 0.3) is 0 Å². The molecule has 0 bridgehead atoms. The molecule has 4 heteroatoms. The Labute approximate surface area is 185 Å². The van der Waals surface area contributed by atoms with Gasteiger partial charge in [0.15, 0.2) is 0 Å². The normalized spacial score (nSPS) is 10.9. The van der Waals surface area contributed by atoms with E-state index in [0.29, 0.717) is 12.5 Å². The molecular weight excluding hydrogens is 384 g/mol. The molecule has 0 spiro atoms. The van der Waals surface area contributed by atoms with Crippen LogP contribution in [0.25, 0.3) is 17.0 Å². The maximum absolute atomic E-state index is 9.73. The van der Waals surface area contributed by atoms with Crippen LogP contribution in [-0.2, 0) is 19.6 Å². The summed E-state index contributed by atoms with van der Waals surface area (Å²) in [4.78, 5) is 4.51. The number of nitrogens with zero attached hydrogens (tertiary/aromatic N) is 1. The molecule has 0 radical (unpaired) electrons. The number of hydrogen-bond acceptors (Lipinski definition) is 4. The predicted octanol–water partition coefficient (Wildman–Crippen LogP) is 5.60. The van der Waals surface area contributed by atoms with Gasteiger partial charge in [0.1, 0.15) is 5.75 Å². The van der Waals surface area contributed by atoms with Gasteiger partial charge in [0, 0.05) is 35.1 Å². The molecular formula is C27H32N2O2. The van der Waals surface area contributed by atoms with Gasteiger partial charge in [-0.1, -0.05) is 50.8 Å². The Hall–Kier alpha value is -3.11. The zero-order valence-corrected chi connectivity index (χ0v) is 18.7. The summed E-state index contributed by atoms with van der Waals surface area (Å²) in [5, 5.41) is 13.2. The minimum atomic E-state index is -0.0374. The Morgan fingerprint density at radius 3 is 2.55 bits per heavy atom. The second-order valence-electron chi connectivity index (χ2n) is 8.15. The number of rotatable bonds is 10. The summed E-state index contributed by atoms with van der Waals surface area (Å²) in [7, 11) is 1.67. The van der Waals surface area contributed by atoms with Crippen LogP contribution in [0.3, 0.4) is 0 Å². The average Bonchev–Trinajstić information content (AvgIpc) is 2.81. The highest BCUT2D eigenvalue weighted by Crippen LogP contribution is 2.28. The minimum Gasteiger partial charge on any atom is -0.497 e. The van der Waals surface area contributed by atoms with Gasteiger partial charge in [-0.2, -0.15) is 0 Å². The van der Waals surface area contributed by atoms with E-state index in [1.807, 2.05) is 24.3 Å². The number of hydrogen-bond donors (Lipinski definition) is 2. The number of pyridine rings is 1. The smallest absolute Gasteiger partial charge is 0.118 e. The van der Waals surface area contributed by atoms with E-state index in [4.69, 9.17) is 4.74 Å². The van der Waals surface area contributed by atoms with Crippen LogP contribution in [0.1, 0.15) is 42.5 Å². The molecule has 2 aromatic carbocycles. The molecule has 0 saturated heterocycles. The first-order valence-electron chi connectivity index (χ1n) is 10.8. The Morgan fingerprint density at radius 1 is 1.10 bits per heavy atom. The fraction of sp³-hybridized carbons (Fsp3) is 0.296. The number of nitrogens with one attached hydrogen (secondary N) is 1. The van der Waals surface area contributed by atoms with Gasteiger partial charge in [-0.25, -0.2) is 0 Å². The van der Waals surface area contributed by atoms with Crippen LogP contribution < -0.4 is 10.1 Å². The van der Waals surface area contributed by atoms with Gasteiger partial charge in [-0.05, 0) is 54.2 Å². The monoisotopic (exact) mass is 416 g/mol.